The van der Waals surface area contributed by atoms with Crippen LogP contribution in [0.2, 0.25) is 0 Å². The number of methoxy groups -OCH3 is 1. The molecule has 2 nitrogen and oxygen atoms in total. The molecule has 0 spiro atoms. The van der Waals surface area contributed by atoms with E-state index in [1.165, 1.54) is 0 Å². The van der Waals surface area contributed by atoms with Gasteiger partial charge in [0.1, 0.15) is 0 Å². The van der Waals surface area contributed by atoms with Crippen molar-refractivity contribution in [2.45, 2.75) is 5.32 Å². The van der Waals surface area contributed by atoms with Crippen molar-refractivity contribution in [3.8, 4) is 10.7 Å². The number of para-hydroxylation sites is 1. The van der Waals surface area contributed by atoms with Gasteiger partial charge in [-0.05, 0) is 0 Å². The summed E-state index contributed by atoms with van der Waals surface area (Å²) in [7, 11) is 1.65. The molecule has 0 saturated heterocycles. The summed E-state index contributed by atoms with van der Waals surface area (Å²) in [5.41, 5.74) is 1.13. The standard InChI is InChI=1S/C9H9NOSe/c1-11-9-5-3-2-4-8(9)6-12-7-10/h2-5H,6H2,1H3. The molecule has 0 unspecified atom stereocenters. The average Bonchev–Trinajstić information content (AvgIpc) is 2.15. The zero-order valence-corrected chi connectivity index (χ0v) is 8.49. The van der Waals surface area contributed by atoms with E-state index in [2.05, 4.69) is 4.97 Å². The Balaban J connectivity index is 2.76. The maximum atomic E-state index is 8.43. The third-order valence-corrected chi connectivity index (χ3v) is 2.71. The minimum atomic E-state index is 0.0363. The maximum absolute atomic E-state index is 8.43. The Bertz CT molecular complexity index is 293. The van der Waals surface area contributed by atoms with Crippen molar-refractivity contribution in [1.29, 1.82) is 5.26 Å². The topological polar surface area (TPSA) is 33.0 Å². The normalized spacial score (nSPS) is 9.00. The Kier molecular flexibility index (Phi) is 3.66. The Hall–Kier alpha value is -0.971. The Morgan fingerprint density at radius 1 is 1.50 bits per heavy atom. The monoisotopic (exact) mass is 227 g/mol. The van der Waals surface area contributed by atoms with Gasteiger partial charge in [0, 0.05) is 0 Å². The van der Waals surface area contributed by atoms with E-state index in [4.69, 9.17) is 10.00 Å². The Labute approximate surface area is 78.3 Å². The van der Waals surface area contributed by atoms with Gasteiger partial charge in [0.2, 0.25) is 0 Å². The van der Waals surface area contributed by atoms with Crippen LogP contribution in [-0.2, 0) is 5.32 Å². The molecule has 3 heteroatoms. The molecule has 0 N–H and O–H groups in total. The molecule has 0 aliphatic rings. The van der Waals surface area contributed by atoms with Crippen LogP contribution in [-0.4, -0.2) is 22.1 Å². The molecule has 0 aliphatic carbocycles. The molecule has 0 heterocycles. The summed E-state index contributed by atoms with van der Waals surface area (Å²) in [5, 5.41) is 9.26. The van der Waals surface area contributed by atoms with Crippen LogP contribution in [0.5, 0.6) is 5.75 Å². The molecule has 1 aromatic rings. The zero-order chi connectivity index (χ0) is 8.81. The van der Waals surface area contributed by atoms with Gasteiger partial charge in [-0.25, -0.2) is 0 Å². The SMILES string of the molecule is COc1ccccc1C[Se]C#N. The molecule has 1 aromatic carbocycles. The van der Waals surface area contributed by atoms with E-state index in [0.717, 1.165) is 16.6 Å². The summed E-state index contributed by atoms with van der Waals surface area (Å²) in [6.45, 7) is 0. The van der Waals surface area contributed by atoms with Crippen molar-refractivity contribution in [3.05, 3.63) is 29.8 Å². The van der Waals surface area contributed by atoms with Gasteiger partial charge in [-0.15, -0.1) is 0 Å². The number of nitriles is 1. The van der Waals surface area contributed by atoms with E-state index in [0.29, 0.717) is 0 Å². The van der Waals surface area contributed by atoms with Crippen LogP contribution in [0, 0.1) is 10.2 Å². The van der Waals surface area contributed by atoms with Gasteiger partial charge in [0.25, 0.3) is 0 Å². The van der Waals surface area contributed by atoms with Crippen LogP contribution in [0.15, 0.2) is 24.3 Å². The first-order valence-electron chi connectivity index (χ1n) is 3.51. The van der Waals surface area contributed by atoms with Crippen molar-refractivity contribution in [2.75, 3.05) is 7.11 Å². The Morgan fingerprint density at radius 2 is 2.25 bits per heavy atom. The van der Waals surface area contributed by atoms with Crippen LogP contribution < -0.4 is 4.74 Å². The number of ether oxygens (including phenoxy) is 1. The summed E-state index contributed by atoms with van der Waals surface area (Å²) < 4.78 is 5.14. The molecule has 62 valence electrons. The second-order valence-corrected chi connectivity index (χ2v) is 3.79. The first-order chi connectivity index (χ1) is 5.88. The predicted molar refractivity (Wildman–Crippen MR) is 48.1 cm³/mol. The van der Waals surface area contributed by atoms with Gasteiger partial charge in [-0.1, -0.05) is 0 Å². The van der Waals surface area contributed by atoms with Crippen LogP contribution >= 0.6 is 0 Å². The zero-order valence-electron chi connectivity index (χ0n) is 6.78. The second kappa shape index (κ2) is 4.82. The van der Waals surface area contributed by atoms with E-state index < -0.39 is 0 Å². The second-order valence-electron chi connectivity index (χ2n) is 2.19. The van der Waals surface area contributed by atoms with Crippen LogP contribution in [0.3, 0.4) is 0 Å². The summed E-state index contributed by atoms with van der Waals surface area (Å²) in [6.07, 6.45) is 0. The van der Waals surface area contributed by atoms with Crippen molar-refractivity contribution < 1.29 is 4.74 Å². The molecule has 0 saturated carbocycles. The number of hydrogen-bond acceptors (Lipinski definition) is 2. The minimum absolute atomic E-state index is 0.0363. The fourth-order valence-corrected chi connectivity index (χ4v) is 1.89. The molecular weight excluding hydrogens is 217 g/mol. The number of rotatable bonds is 3. The molecule has 0 bridgehead atoms. The molecule has 0 radical (unpaired) electrons. The van der Waals surface area contributed by atoms with Crippen molar-refractivity contribution in [1.82, 2.24) is 0 Å². The summed E-state index contributed by atoms with van der Waals surface area (Å²) in [6, 6.07) is 7.81. The molecule has 0 amide bonds. The van der Waals surface area contributed by atoms with Gasteiger partial charge < -0.3 is 0 Å². The van der Waals surface area contributed by atoms with Crippen LogP contribution in [0.25, 0.3) is 0 Å². The van der Waals surface area contributed by atoms with Crippen molar-refractivity contribution >= 4 is 15.0 Å². The predicted octanol–water partition coefficient (Wildman–Crippen LogP) is 1.38. The molecule has 1 rings (SSSR count). The van der Waals surface area contributed by atoms with E-state index in [9.17, 15) is 0 Å². The van der Waals surface area contributed by atoms with E-state index in [-0.39, 0.29) is 15.0 Å². The first kappa shape index (κ1) is 9.12. The van der Waals surface area contributed by atoms with E-state index in [1.807, 2.05) is 24.3 Å². The average molecular weight is 226 g/mol. The number of benzene rings is 1. The molecule has 0 aromatic heterocycles. The fourth-order valence-electron chi connectivity index (χ4n) is 0.932. The summed E-state index contributed by atoms with van der Waals surface area (Å²) in [5.74, 6) is 0.884. The number of hydrogen-bond donors (Lipinski definition) is 0. The molecule has 0 fully saturated rings. The first-order valence-corrected chi connectivity index (χ1v) is 5.58. The van der Waals surface area contributed by atoms with Crippen LogP contribution in [0.1, 0.15) is 5.56 Å². The van der Waals surface area contributed by atoms with Crippen LogP contribution in [0.4, 0.5) is 0 Å². The summed E-state index contributed by atoms with van der Waals surface area (Å²) >= 11 is 0.0363. The number of nitrogens with zero attached hydrogens (tertiary/aromatic N) is 1. The quantitative estimate of drug-likeness (QED) is 0.729. The van der Waals surface area contributed by atoms with Gasteiger partial charge in [-0.2, -0.15) is 0 Å². The van der Waals surface area contributed by atoms with E-state index >= 15 is 0 Å². The van der Waals surface area contributed by atoms with Crippen molar-refractivity contribution in [3.63, 3.8) is 0 Å². The summed E-state index contributed by atoms with van der Waals surface area (Å²) in [4.78, 5) is 2.17. The van der Waals surface area contributed by atoms with Gasteiger partial charge >= 0.3 is 77.9 Å². The molecule has 0 aliphatic heterocycles. The van der Waals surface area contributed by atoms with E-state index in [1.54, 1.807) is 7.11 Å². The van der Waals surface area contributed by atoms with Gasteiger partial charge in [0.05, 0.1) is 0 Å². The fraction of sp³-hybridized carbons (Fsp3) is 0.222. The third-order valence-electron chi connectivity index (χ3n) is 1.48. The van der Waals surface area contributed by atoms with Gasteiger partial charge in [-0.3, -0.25) is 0 Å². The van der Waals surface area contributed by atoms with Gasteiger partial charge in [0.15, 0.2) is 0 Å². The Morgan fingerprint density at radius 3 is 2.92 bits per heavy atom. The molecular formula is C9H9NOSe. The van der Waals surface area contributed by atoms with Crippen molar-refractivity contribution in [2.24, 2.45) is 0 Å². The molecule has 12 heavy (non-hydrogen) atoms. The molecule has 0 atom stereocenters. The third kappa shape index (κ3) is 2.27.